The first-order chi connectivity index (χ1) is 8.76. The summed E-state index contributed by atoms with van der Waals surface area (Å²) in [5.41, 5.74) is -1.39. The van der Waals surface area contributed by atoms with Crippen LogP contribution in [-0.4, -0.2) is 39.8 Å². The largest absolute Gasteiger partial charge is 0.479 e. The monoisotopic (exact) mass is 333 g/mol. The first-order valence-electron chi connectivity index (χ1n) is 5.88. The zero-order chi connectivity index (χ0) is 14.6. The third-order valence-corrected chi connectivity index (χ3v) is 3.33. The first kappa shape index (κ1) is 16.1. The van der Waals surface area contributed by atoms with Crippen LogP contribution in [0.3, 0.4) is 0 Å². The molecule has 0 aromatic heterocycles. The second-order valence-electron chi connectivity index (χ2n) is 4.62. The van der Waals surface area contributed by atoms with Crippen LogP contribution >= 0.6 is 15.9 Å². The second kappa shape index (κ2) is 6.45. The second-order valence-corrected chi connectivity index (χ2v) is 5.53. The lowest BCUT2D eigenvalue weighted by Crippen LogP contribution is -2.46. The van der Waals surface area contributed by atoms with E-state index in [9.17, 15) is 14.3 Å². The average Bonchev–Trinajstić information content (AvgIpc) is 2.32. The summed E-state index contributed by atoms with van der Waals surface area (Å²) in [5, 5.41) is 18.6. The van der Waals surface area contributed by atoms with Gasteiger partial charge in [-0.25, -0.2) is 9.18 Å². The van der Waals surface area contributed by atoms with Crippen LogP contribution in [-0.2, 0) is 11.3 Å². The molecule has 0 aliphatic heterocycles. The molecule has 2 N–H and O–H groups in total. The van der Waals surface area contributed by atoms with E-state index in [0.717, 1.165) is 4.47 Å². The average molecular weight is 334 g/mol. The molecule has 106 valence electrons. The Kier molecular flexibility index (Phi) is 5.46. The summed E-state index contributed by atoms with van der Waals surface area (Å²) < 4.78 is 14.4. The van der Waals surface area contributed by atoms with E-state index < -0.39 is 11.6 Å². The molecule has 1 aromatic carbocycles. The number of aliphatic hydroxyl groups is 1. The maximum atomic E-state index is 13.6. The van der Waals surface area contributed by atoms with Crippen LogP contribution in [0, 0.1) is 5.82 Å². The van der Waals surface area contributed by atoms with Crippen LogP contribution in [0.15, 0.2) is 22.7 Å². The normalized spacial score (nSPS) is 14.4. The summed E-state index contributed by atoms with van der Waals surface area (Å²) in [6, 6.07) is 4.60. The number of rotatable bonds is 6. The van der Waals surface area contributed by atoms with Gasteiger partial charge in [-0.1, -0.05) is 22.9 Å². The van der Waals surface area contributed by atoms with Crippen LogP contribution in [0.25, 0.3) is 0 Å². The van der Waals surface area contributed by atoms with Gasteiger partial charge in [0, 0.05) is 23.1 Å². The minimum Gasteiger partial charge on any atom is -0.479 e. The van der Waals surface area contributed by atoms with Gasteiger partial charge < -0.3 is 10.2 Å². The summed E-state index contributed by atoms with van der Waals surface area (Å²) in [6.45, 7) is 3.74. The summed E-state index contributed by atoms with van der Waals surface area (Å²) in [6.07, 6.45) is 0. The molecular formula is C13H17BrFNO3. The summed E-state index contributed by atoms with van der Waals surface area (Å²) in [4.78, 5) is 12.6. The molecule has 1 aromatic rings. The molecule has 0 saturated heterocycles. The van der Waals surface area contributed by atoms with Crippen molar-refractivity contribution < 1.29 is 19.4 Å². The van der Waals surface area contributed by atoms with Crippen molar-refractivity contribution >= 4 is 21.9 Å². The summed E-state index contributed by atoms with van der Waals surface area (Å²) in [5.74, 6) is -1.64. The van der Waals surface area contributed by atoms with E-state index in [-0.39, 0.29) is 18.9 Å². The molecule has 0 aliphatic rings. The van der Waals surface area contributed by atoms with Gasteiger partial charge in [-0.15, -0.1) is 0 Å². The fourth-order valence-electron chi connectivity index (χ4n) is 1.69. The highest BCUT2D eigenvalue weighted by Gasteiger charge is 2.32. The Morgan fingerprint density at radius 3 is 2.68 bits per heavy atom. The third-order valence-electron chi connectivity index (χ3n) is 2.84. The predicted octanol–water partition coefficient (Wildman–Crippen LogP) is 2.25. The van der Waals surface area contributed by atoms with E-state index in [0.29, 0.717) is 12.1 Å². The Labute approximate surface area is 120 Å². The minimum atomic E-state index is -1.85. The van der Waals surface area contributed by atoms with Gasteiger partial charge in [0.1, 0.15) is 5.82 Å². The number of hydrogen-bond donors (Lipinski definition) is 2. The number of nitrogens with zero attached hydrogens (tertiary/aromatic N) is 1. The van der Waals surface area contributed by atoms with Crippen molar-refractivity contribution in [1.82, 2.24) is 4.90 Å². The van der Waals surface area contributed by atoms with Crippen molar-refractivity contribution in [2.24, 2.45) is 0 Å². The maximum absolute atomic E-state index is 13.6. The number of hydrogen-bond acceptors (Lipinski definition) is 3. The molecule has 1 atom stereocenters. The molecule has 0 saturated carbocycles. The van der Waals surface area contributed by atoms with Crippen LogP contribution < -0.4 is 0 Å². The Bertz CT molecular complexity index is 465. The van der Waals surface area contributed by atoms with Gasteiger partial charge in [0.15, 0.2) is 5.60 Å². The molecule has 1 unspecified atom stereocenters. The topological polar surface area (TPSA) is 60.8 Å². The van der Waals surface area contributed by atoms with Gasteiger partial charge in [-0.05, 0) is 31.7 Å². The number of carboxylic acids is 1. The highest BCUT2D eigenvalue weighted by molar-refractivity contribution is 9.10. The molecule has 4 nitrogen and oxygen atoms in total. The predicted molar refractivity (Wildman–Crippen MR) is 73.3 cm³/mol. The van der Waals surface area contributed by atoms with Gasteiger partial charge in [0.05, 0.1) is 0 Å². The lowest BCUT2D eigenvalue weighted by molar-refractivity contribution is -0.158. The highest BCUT2D eigenvalue weighted by Crippen LogP contribution is 2.18. The molecule has 0 bridgehead atoms. The molecule has 6 heteroatoms. The number of halogens is 2. The summed E-state index contributed by atoms with van der Waals surface area (Å²) in [7, 11) is 0. The first-order valence-corrected chi connectivity index (χ1v) is 6.67. The number of likely N-dealkylation sites (N-methyl/N-ethyl adjacent to an activating group) is 1. The van der Waals surface area contributed by atoms with E-state index in [1.165, 1.54) is 13.0 Å². The minimum absolute atomic E-state index is 0.0647. The number of benzene rings is 1. The van der Waals surface area contributed by atoms with Crippen LogP contribution in [0.1, 0.15) is 19.4 Å². The van der Waals surface area contributed by atoms with Gasteiger partial charge >= 0.3 is 5.97 Å². The molecule has 0 amide bonds. The van der Waals surface area contributed by atoms with Crippen molar-refractivity contribution in [1.29, 1.82) is 0 Å². The fraction of sp³-hybridized carbons (Fsp3) is 0.462. The van der Waals surface area contributed by atoms with Gasteiger partial charge in [0.25, 0.3) is 0 Å². The van der Waals surface area contributed by atoms with E-state index in [2.05, 4.69) is 15.9 Å². The fourth-order valence-corrected chi connectivity index (χ4v) is 2.10. The van der Waals surface area contributed by atoms with E-state index in [1.807, 2.05) is 6.92 Å². The molecule has 19 heavy (non-hydrogen) atoms. The smallest absolute Gasteiger partial charge is 0.336 e. The maximum Gasteiger partial charge on any atom is 0.336 e. The van der Waals surface area contributed by atoms with E-state index >= 15 is 0 Å². The Balaban J connectivity index is 2.82. The van der Waals surface area contributed by atoms with Gasteiger partial charge in [0.2, 0.25) is 0 Å². The molecule has 1 rings (SSSR count). The molecule has 0 aliphatic carbocycles. The van der Waals surface area contributed by atoms with E-state index in [4.69, 9.17) is 5.11 Å². The van der Waals surface area contributed by atoms with Crippen molar-refractivity contribution in [3.63, 3.8) is 0 Å². The van der Waals surface area contributed by atoms with Crippen molar-refractivity contribution in [3.8, 4) is 0 Å². The van der Waals surface area contributed by atoms with E-state index in [1.54, 1.807) is 17.0 Å². The van der Waals surface area contributed by atoms with Crippen molar-refractivity contribution in [3.05, 3.63) is 34.1 Å². The number of carbonyl (C=O) groups is 1. The Hall–Kier alpha value is -0.980. The molecule has 0 spiro atoms. The Morgan fingerprint density at radius 1 is 1.53 bits per heavy atom. The molecular weight excluding hydrogens is 317 g/mol. The standard InChI is InChI=1S/C13H17BrFNO3/c1-3-16(8-13(2,19)12(17)18)7-9-6-10(14)4-5-11(9)15/h4-6,19H,3,7-8H2,1-2H3,(H,17,18). The third kappa shape index (κ3) is 4.56. The van der Waals surface area contributed by atoms with Crippen LogP contribution in [0.2, 0.25) is 0 Å². The quantitative estimate of drug-likeness (QED) is 0.838. The SMILES string of the molecule is CCN(Cc1cc(Br)ccc1F)CC(C)(O)C(=O)O. The molecule has 0 radical (unpaired) electrons. The van der Waals surface area contributed by atoms with Gasteiger partial charge in [-0.3, -0.25) is 4.90 Å². The lowest BCUT2D eigenvalue weighted by Gasteiger charge is -2.27. The summed E-state index contributed by atoms with van der Waals surface area (Å²) >= 11 is 3.26. The van der Waals surface area contributed by atoms with Crippen molar-refractivity contribution in [2.45, 2.75) is 26.0 Å². The zero-order valence-electron chi connectivity index (χ0n) is 10.9. The molecule has 0 heterocycles. The number of aliphatic carboxylic acids is 1. The van der Waals surface area contributed by atoms with Crippen LogP contribution in [0.4, 0.5) is 4.39 Å². The highest BCUT2D eigenvalue weighted by atomic mass is 79.9. The molecule has 0 fully saturated rings. The Morgan fingerprint density at radius 2 is 2.16 bits per heavy atom. The van der Waals surface area contributed by atoms with Gasteiger partial charge in [-0.2, -0.15) is 0 Å². The number of carboxylic acid groups (broad SMARTS) is 1. The van der Waals surface area contributed by atoms with Crippen molar-refractivity contribution in [2.75, 3.05) is 13.1 Å². The zero-order valence-corrected chi connectivity index (χ0v) is 12.4. The lowest BCUT2D eigenvalue weighted by atomic mass is 10.1. The van der Waals surface area contributed by atoms with Crippen LogP contribution in [0.5, 0.6) is 0 Å².